The van der Waals surface area contributed by atoms with Crippen molar-refractivity contribution in [1.82, 2.24) is 9.55 Å². The molecule has 2 atom stereocenters. The zero-order valence-corrected chi connectivity index (χ0v) is 13.3. The van der Waals surface area contributed by atoms with Crippen molar-refractivity contribution < 1.29 is 0 Å². The van der Waals surface area contributed by atoms with E-state index < -0.39 is 0 Å². The Bertz CT molecular complexity index is 609. The van der Waals surface area contributed by atoms with Crippen LogP contribution in [0.1, 0.15) is 62.3 Å². The number of halogens is 1. The predicted octanol–water partition coefficient (Wildman–Crippen LogP) is 5.40. The lowest BCUT2D eigenvalue weighted by atomic mass is 9.99. The molecule has 2 aromatic rings. The van der Waals surface area contributed by atoms with Crippen LogP contribution in [0.25, 0.3) is 11.0 Å². The Morgan fingerprint density at radius 2 is 1.95 bits per heavy atom. The van der Waals surface area contributed by atoms with Crippen LogP contribution in [0.5, 0.6) is 0 Å². The van der Waals surface area contributed by atoms with Crippen molar-refractivity contribution in [1.29, 1.82) is 0 Å². The summed E-state index contributed by atoms with van der Waals surface area (Å²) >= 11 is 6.39. The lowest BCUT2D eigenvalue weighted by molar-refractivity contribution is 0.359. The Labute approximate surface area is 126 Å². The topological polar surface area (TPSA) is 17.8 Å². The number of imidazole rings is 1. The summed E-state index contributed by atoms with van der Waals surface area (Å²) in [5, 5.41) is -0.0495. The Hall–Kier alpha value is -1.02. The van der Waals surface area contributed by atoms with Crippen LogP contribution in [-0.2, 0) is 0 Å². The third kappa shape index (κ3) is 2.35. The van der Waals surface area contributed by atoms with Gasteiger partial charge < -0.3 is 4.57 Å². The number of alkyl halides is 1. The van der Waals surface area contributed by atoms with Crippen LogP contribution in [-0.4, -0.2) is 9.55 Å². The Morgan fingerprint density at radius 3 is 2.60 bits per heavy atom. The van der Waals surface area contributed by atoms with Gasteiger partial charge in [-0.3, -0.25) is 0 Å². The fourth-order valence-electron chi connectivity index (χ4n) is 3.59. The van der Waals surface area contributed by atoms with E-state index in [0.717, 1.165) is 17.3 Å². The number of nitrogens with zero attached hydrogens (tertiary/aromatic N) is 2. The van der Waals surface area contributed by atoms with E-state index in [-0.39, 0.29) is 5.38 Å². The van der Waals surface area contributed by atoms with Gasteiger partial charge in [0.05, 0.1) is 16.4 Å². The molecule has 0 spiro atoms. The quantitative estimate of drug-likeness (QED) is 0.692. The first-order valence-corrected chi connectivity index (χ1v) is 8.14. The average molecular weight is 291 g/mol. The molecule has 1 saturated carbocycles. The van der Waals surface area contributed by atoms with Crippen LogP contribution >= 0.6 is 11.6 Å². The Morgan fingerprint density at radius 1 is 1.25 bits per heavy atom. The van der Waals surface area contributed by atoms with Crippen molar-refractivity contribution in [3.8, 4) is 0 Å². The molecule has 0 aliphatic heterocycles. The second-order valence-electron chi connectivity index (χ2n) is 6.23. The molecule has 2 unspecified atom stereocenters. The molecule has 0 N–H and O–H groups in total. The first-order chi connectivity index (χ1) is 9.58. The maximum Gasteiger partial charge on any atom is 0.127 e. The highest BCUT2D eigenvalue weighted by Gasteiger charge is 2.27. The smallest absolute Gasteiger partial charge is 0.127 e. The number of hydrogen-bond acceptors (Lipinski definition) is 1. The lowest BCUT2D eigenvalue weighted by Crippen LogP contribution is -2.17. The monoisotopic (exact) mass is 290 g/mol. The fraction of sp³-hybridized carbons (Fsp3) is 0.588. The molecule has 1 aliphatic carbocycles. The molecular weight excluding hydrogens is 268 g/mol. The Balaban J connectivity index is 2.13. The van der Waals surface area contributed by atoms with Crippen molar-refractivity contribution in [3.05, 3.63) is 29.6 Å². The minimum atomic E-state index is -0.0495. The van der Waals surface area contributed by atoms with Crippen molar-refractivity contribution in [3.63, 3.8) is 0 Å². The van der Waals surface area contributed by atoms with Gasteiger partial charge in [0, 0.05) is 6.04 Å². The van der Waals surface area contributed by atoms with Gasteiger partial charge in [-0.25, -0.2) is 4.98 Å². The molecule has 0 amide bonds. The first-order valence-electron chi connectivity index (χ1n) is 7.70. The first kappa shape index (κ1) is 13.9. The van der Waals surface area contributed by atoms with Crippen LogP contribution in [0.3, 0.4) is 0 Å². The van der Waals surface area contributed by atoms with Crippen LogP contribution < -0.4 is 0 Å². The van der Waals surface area contributed by atoms with Gasteiger partial charge in [-0.15, -0.1) is 11.6 Å². The van der Waals surface area contributed by atoms with E-state index in [1.165, 1.54) is 36.8 Å². The molecule has 1 heterocycles. The van der Waals surface area contributed by atoms with Gasteiger partial charge in [0.15, 0.2) is 0 Å². The molecule has 3 rings (SSSR count). The molecule has 2 nitrogen and oxygen atoms in total. The highest BCUT2D eigenvalue weighted by atomic mass is 35.5. The summed E-state index contributed by atoms with van der Waals surface area (Å²) in [5.41, 5.74) is 3.57. The zero-order chi connectivity index (χ0) is 14.3. The molecule has 3 heteroatoms. The van der Waals surface area contributed by atoms with Gasteiger partial charge >= 0.3 is 0 Å². The van der Waals surface area contributed by atoms with Crippen LogP contribution in [0.4, 0.5) is 0 Å². The number of aromatic nitrogens is 2. The summed E-state index contributed by atoms with van der Waals surface area (Å²) in [6.07, 6.45) is 5.41. The van der Waals surface area contributed by atoms with E-state index in [1.54, 1.807) is 0 Å². The molecule has 0 bridgehead atoms. The number of benzene rings is 1. The summed E-state index contributed by atoms with van der Waals surface area (Å²) in [6, 6.07) is 7.02. The van der Waals surface area contributed by atoms with E-state index in [4.69, 9.17) is 16.6 Å². The minimum Gasteiger partial charge on any atom is -0.324 e. The largest absolute Gasteiger partial charge is 0.324 e. The number of fused-ring (bicyclic) bond motifs is 1. The van der Waals surface area contributed by atoms with E-state index in [2.05, 4.69) is 36.6 Å². The van der Waals surface area contributed by atoms with Gasteiger partial charge in [0.2, 0.25) is 0 Å². The van der Waals surface area contributed by atoms with Crippen molar-refractivity contribution in [2.45, 2.75) is 57.9 Å². The highest BCUT2D eigenvalue weighted by molar-refractivity contribution is 6.20. The zero-order valence-electron chi connectivity index (χ0n) is 12.6. The summed E-state index contributed by atoms with van der Waals surface area (Å²) in [7, 11) is 0. The average Bonchev–Trinajstić information content (AvgIpc) is 3.04. The van der Waals surface area contributed by atoms with Crippen LogP contribution in [0.15, 0.2) is 18.2 Å². The van der Waals surface area contributed by atoms with Gasteiger partial charge in [-0.1, -0.05) is 18.9 Å². The molecule has 108 valence electrons. The number of hydrogen-bond donors (Lipinski definition) is 0. The van der Waals surface area contributed by atoms with E-state index in [0.29, 0.717) is 6.04 Å². The summed E-state index contributed by atoms with van der Waals surface area (Å²) in [4.78, 5) is 4.80. The molecule has 0 radical (unpaired) electrons. The molecule has 1 aliphatic rings. The summed E-state index contributed by atoms with van der Waals surface area (Å²) in [5.74, 6) is 1.79. The van der Waals surface area contributed by atoms with Crippen LogP contribution in [0, 0.1) is 12.8 Å². The lowest BCUT2D eigenvalue weighted by Gasteiger charge is -2.24. The van der Waals surface area contributed by atoms with E-state index in [1.807, 2.05) is 6.92 Å². The Kier molecular flexibility index (Phi) is 3.76. The summed E-state index contributed by atoms with van der Waals surface area (Å²) < 4.78 is 2.39. The van der Waals surface area contributed by atoms with Crippen LogP contribution in [0.2, 0.25) is 0 Å². The maximum absolute atomic E-state index is 6.39. The van der Waals surface area contributed by atoms with Crippen molar-refractivity contribution >= 4 is 22.6 Å². The van der Waals surface area contributed by atoms with Gasteiger partial charge in [-0.2, -0.15) is 0 Å². The fourth-order valence-corrected chi connectivity index (χ4v) is 3.74. The standard InChI is InChI=1S/C17H23ClN2/c1-11-8-9-16-15(10-11)19-17(12(2)18)20(16)13(3)14-6-4-5-7-14/h8-10,12-14H,4-7H2,1-3H3. The van der Waals surface area contributed by atoms with Crippen molar-refractivity contribution in [2.75, 3.05) is 0 Å². The summed E-state index contributed by atoms with van der Waals surface area (Å²) in [6.45, 7) is 6.47. The molecule has 20 heavy (non-hydrogen) atoms. The van der Waals surface area contributed by atoms with E-state index in [9.17, 15) is 0 Å². The molecule has 0 saturated heterocycles. The van der Waals surface area contributed by atoms with Gasteiger partial charge in [0.25, 0.3) is 0 Å². The third-order valence-corrected chi connectivity index (χ3v) is 4.91. The molecule has 1 aromatic heterocycles. The van der Waals surface area contributed by atoms with Gasteiger partial charge in [0.1, 0.15) is 5.82 Å². The predicted molar refractivity (Wildman–Crippen MR) is 85.4 cm³/mol. The van der Waals surface area contributed by atoms with Crippen molar-refractivity contribution in [2.24, 2.45) is 5.92 Å². The van der Waals surface area contributed by atoms with E-state index >= 15 is 0 Å². The molecule has 1 aromatic carbocycles. The SMILES string of the molecule is Cc1ccc2c(c1)nc(C(C)Cl)n2C(C)C1CCCC1. The third-order valence-electron chi connectivity index (χ3n) is 4.72. The number of rotatable bonds is 3. The van der Waals surface area contributed by atoms with Gasteiger partial charge in [-0.05, 0) is 57.2 Å². The second-order valence-corrected chi connectivity index (χ2v) is 6.89. The maximum atomic E-state index is 6.39. The second kappa shape index (κ2) is 5.40. The highest BCUT2D eigenvalue weighted by Crippen LogP contribution is 2.38. The normalized spacial score (nSPS) is 19.6. The number of aryl methyl sites for hydroxylation is 1. The molecular formula is C17H23ClN2. The molecule has 1 fully saturated rings. The minimum absolute atomic E-state index is 0.0495.